The van der Waals surface area contributed by atoms with Gasteiger partial charge in [0.15, 0.2) is 5.82 Å². The lowest BCUT2D eigenvalue weighted by Gasteiger charge is -2.31. The fourth-order valence-electron chi connectivity index (χ4n) is 3.28. The van der Waals surface area contributed by atoms with Crippen LogP contribution in [0.4, 0.5) is 4.79 Å². The Morgan fingerprint density at radius 1 is 1.30 bits per heavy atom. The number of fused-ring (bicyclic) bond motifs is 1. The summed E-state index contributed by atoms with van der Waals surface area (Å²) in [4.78, 5) is 23.9. The molecule has 0 bridgehead atoms. The zero-order valence-corrected chi connectivity index (χ0v) is 18.2. The molecule has 0 saturated heterocycles. The summed E-state index contributed by atoms with van der Waals surface area (Å²) in [6.07, 6.45) is 7.43. The minimum absolute atomic E-state index is 0.337. The van der Waals surface area contributed by atoms with Gasteiger partial charge in [0, 0.05) is 30.4 Å². The summed E-state index contributed by atoms with van der Waals surface area (Å²) in [6, 6.07) is 1.96. The number of ether oxygens (including phenoxy) is 1. The van der Waals surface area contributed by atoms with Gasteiger partial charge < -0.3 is 9.64 Å². The molecule has 1 aliphatic rings. The molecule has 7 heteroatoms. The lowest BCUT2D eigenvalue weighted by molar-refractivity contribution is 0.0220. The number of carbonyl (C=O) groups excluding carboxylic acids is 1. The third kappa shape index (κ3) is 4.67. The molecular formula is C23H29N5O2. The molecule has 30 heavy (non-hydrogen) atoms. The number of hydrogen-bond acceptors (Lipinski definition) is 5. The fourth-order valence-corrected chi connectivity index (χ4v) is 3.28. The lowest BCUT2D eigenvalue weighted by Crippen LogP contribution is -2.40. The molecule has 2 aromatic rings. The van der Waals surface area contributed by atoms with Gasteiger partial charge in [-0.1, -0.05) is 31.4 Å². The topological polar surface area (TPSA) is 73.1 Å². The first kappa shape index (κ1) is 21.5. The van der Waals surface area contributed by atoms with E-state index in [0.29, 0.717) is 25.3 Å². The molecule has 0 saturated carbocycles. The Balaban J connectivity index is 2.06. The second kappa shape index (κ2) is 8.65. The second-order valence-electron chi connectivity index (χ2n) is 8.09. The monoisotopic (exact) mass is 407 g/mol. The van der Waals surface area contributed by atoms with E-state index in [-0.39, 0.29) is 6.09 Å². The number of rotatable bonds is 5. The van der Waals surface area contributed by atoms with Gasteiger partial charge in [-0.05, 0) is 40.2 Å². The number of amides is 1. The number of carbonyl (C=O) groups is 1. The van der Waals surface area contributed by atoms with Gasteiger partial charge in [0.2, 0.25) is 0 Å². The van der Waals surface area contributed by atoms with Crippen LogP contribution in [0.25, 0.3) is 17.0 Å². The van der Waals surface area contributed by atoms with Crippen LogP contribution in [0, 0.1) is 0 Å². The third-order valence-corrected chi connectivity index (χ3v) is 4.70. The van der Waals surface area contributed by atoms with Crippen molar-refractivity contribution in [2.75, 3.05) is 6.54 Å². The van der Waals surface area contributed by atoms with Gasteiger partial charge in [-0.15, -0.1) is 0 Å². The van der Waals surface area contributed by atoms with Gasteiger partial charge in [0.05, 0.1) is 17.9 Å². The molecule has 0 spiro atoms. The van der Waals surface area contributed by atoms with E-state index in [1.54, 1.807) is 17.1 Å². The standard InChI is InChI=1S/C23H29N5O2/c1-7-10-16(8-2)21-24-19-15-27(22(29)30-23(4,5)6)13-11-17(19)20(25-21)18-12-14-28(9-3)26-18/h7-8,10,12,14H,1-2,9,11,13,15H2,3-6H3/b16-10+. The van der Waals surface area contributed by atoms with E-state index < -0.39 is 5.60 Å². The normalized spacial score (nSPS) is 14.3. The first-order valence-electron chi connectivity index (χ1n) is 10.1. The zero-order chi connectivity index (χ0) is 21.9. The predicted molar refractivity (Wildman–Crippen MR) is 118 cm³/mol. The smallest absolute Gasteiger partial charge is 0.410 e. The molecule has 0 unspecified atom stereocenters. The Morgan fingerprint density at radius 2 is 2.07 bits per heavy atom. The van der Waals surface area contributed by atoms with Crippen LogP contribution in [0.1, 0.15) is 44.8 Å². The summed E-state index contributed by atoms with van der Waals surface area (Å²) >= 11 is 0. The SMILES string of the molecule is C=C/C=C(\C=C)c1nc2c(c(-c3ccn(CC)n3)n1)CCN(C(=O)OC(C)(C)C)C2. The average Bonchev–Trinajstić information content (AvgIpc) is 3.18. The van der Waals surface area contributed by atoms with Gasteiger partial charge in [-0.3, -0.25) is 4.68 Å². The maximum Gasteiger partial charge on any atom is 0.410 e. The number of aryl methyl sites for hydroxylation is 1. The highest BCUT2D eigenvalue weighted by Crippen LogP contribution is 2.29. The van der Waals surface area contributed by atoms with Crippen molar-refractivity contribution in [1.82, 2.24) is 24.6 Å². The zero-order valence-electron chi connectivity index (χ0n) is 18.2. The van der Waals surface area contributed by atoms with Crippen LogP contribution >= 0.6 is 0 Å². The highest BCUT2D eigenvalue weighted by atomic mass is 16.6. The van der Waals surface area contributed by atoms with Gasteiger partial charge in [-0.2, -0.15) is 5.10 Å². The van der Waals surface area contributed by atoms with Gasteiger partial charge >= 0.3 is 6.09 Å². The van der Waals surface area contributed by atoms with E-state index in [1.165, 1.54) is 0 Å². The quantitative estimate of drug-likeness (QED) is 0.687. The van der Waals surface area contributed by atoms with Crippen molar-refractivity contribution in [2.45, 2.75) is 52.8 Å². The highest BCUT2D eigenvalue weighted by Gasteiger charge is 2.29. The van der Waals surface area contributed by atoms with Crippen molar-refractivity contribution < 1.29 is 9.53 Å². The molecule has 7 nitrogen and oxygen atoms in total. The first-order chi connectivity index (χ1) is 14.3. The van der Waals surface area contributed by atoms with Crippen LogP contribution in [-0.4, -0.2) is 42.9 Å². The molecule has 3 heterocycles. The largest absolute Gasteiger partial charge is 0.444 e. The Hall–Kier alpha value is -3.22. The summed E-state index contributed by atoms with van der Waals surface area (Å²) in [6.45, 7) is 16.9. The van der Waals surface area contributed by atoms with Crippen LogP contribution in [0.2, 0.25) is 0 Å². The minimum atomic E-state index is -0.547. The molecule has 2 aromatic heterocycles. The number of nitrogens with zero attached hydrogens (tertiary/aromatic N) is 5. The summed E-state index contributed by atoms with van der Waals surface area (Å²) < 4.78 is 7.42. The van der Waals surface area contributed by atoms with Crippen LogP contribution in [0.5, 0.6) is 0 Å². The molecule has 0 atom stereocenters. The highest BCUT2D eigenvalue weighted by molar-refractivity contribution is 5.73. The van der Waals surface area contributed by atoms with E-state index in [4.69, 9.17) is 14.7 Å². The Labute approximate surface area is 177 Å². The van der Waals surface area contributed by atoms with Crippen molar-refractivity contribution in [1.29, 1.82) is 0 Å². The van der Waals surface area contributed by atoms with Crippen LogP contribution in [0.15, 0.2) is 43.6 Å². The molecule has 0 N–H and O–H groups in total. The molecule has 158 valence electrons. The molecule has 0 radical (unpaired) electrons. The van der Waals surface area contributed by atoms with E-state index in [9.17, 15) is 4.79 Å². The number of allylic oxidation sites excluding steroid dienone is 4. The van der Waals surface area contributed by atoms with Crippen molar-refractivity contribution >= 4 is 11.7 Å². The molecule has 0 fully saturated rings. The van der Waals surface area contributed by atoms with Crippen LogP contribution < -0.4 is 0 Å². The summed E-state index contributed by atoms with van der Waals surface area (Å²) in [5, 5.41) is 4.64. The molecule has 3 rings (SSSR count). The first-order valence-corrected chi connectivity index (χ1v) is 10.1. The molecule has 1 amide bonds. The average molecular weight is 408 g/mol. The maximum atomic E-state index is 12.6. The molecule has 1 aliphatic heterocycles. The Kier molecular flexibility index (Phi) is 6.20. The summed E-state index contributed by atoms with van der Waals surface area (Å²) in [5.41, 5.74) is 3.62. The third-order valence-electron chi connectivity index (χ3n) is 4.70. The lowest BCUT2D eigenvalue weighted by atomic mass is 10.0. The number of hydrogen-bond donors (Lipinski definition) is 0. The predicted octanol–water partition coefficient (Wildman–Crippen LogP) is 4.41. The van der Waals surface area contributed by atoms with Gasteiger partial charge in [-0.25, -0.2) is 14.8 Å². The van der Waals surface area contributed by atoms with E-state index in [2.05, 4.69) is 18.3 Å². The minimum Gasteiger partial charge on any atom is -0.444 e. The molecule has 0 aliphatic carbocycles. The fraction of sp³-hybridized carbons (Fsp3) is 0.391. The van der Waals surface area contributed by atoms with Crippen molar-refractivity contribution in [2.24, 2.45) is 0 Å². The number of aromatic nitrogens is 4. The molecule has 0 aromatic carbocycles. The van der Waals surface area contributed by atoms with Crippen molar-refractivity contribution in [3.8, 4) is 11.4 Å². The Bertz CT molecular complexity index is 998. The van der Waals surface area contributed by atoms with Crippen molar-refractivity contribution in [3.05, 3.63) is 60.7 Å². The van der Waals surface area contributed by atoms with Crippen LogP contribution in [-0.2, 0) is 24.2 Å². The summed E-state index contributed by atoms with van der Waals surface area (Å²) in [5.74, 6) is 0.538. The van der Waals surface area contributed by atoms with Gasteiger partial charge in [0.1, 0.15) is 11.3 Å². The second-order valence-corrected chi connectivity index (χ2v) is 8.09. The molecular weight excluding hydrogens is 378 g/mol. The van der Waals surface area contributed by atoms with Gasteiger partial charge in [0.25, 0.3) is 0 Å². The van der Waals surface area contributed by atoms with E-state index >= 15 is 0 Å². The summed E-state index contributed by atoms with van der Waals surface area (Å²) in [7, 11) is 0. The van der Waals surface area contributed by atoms with E-state index in [1.807, 2.05) is 50.7 Å². The van der Waals surface area contributed by atoms with Crippen LogP contribution in [0.3, 0.4) is 0 Å². The maximum absolute atomic E-state index is 12.6. The Morgan fingerprint density at radius 3 is 2.67 bits per heavy atom. The van der Waals surface area contributed by atoms with Crippen molar-refractivity contribution in [3.63, 3.8) is 0 Å². The van der Waals surface area contributed by atoms with E-state index in [0.717, 1.165) is 34.8 Å².